The molecule has 4 rings (SSSR count). The van der Waals surface area contributed by atoms with Crippen LogP contribution in [0.15, 0.2) is 57.9 Å². The Morgan fingerprint density at radius 1 is 1.06 bits per heavy atom. The largest absolute Gasteiger partial charge is 0.477 e. The van der Waals surface area contributed by atoms with Crippen LogP contribution in [0.3, 0.4) is 0 Å². The number of benzene rings is 1. The molecule has 0 radical (unpaired) electrons. The average Bonchev–Trinajstić information content (AvgIpc) is 3.21. The van der Waals surface area contributed by atoms with E-state index in [-0.39, 0.29) is 0 Å². The van der Waals surface area contributed by atoms with E-state index < -0.39 is 0 Å². The van der Waals surface area contributed by atoms with Gasteiger partial charge in [-0.05, 0) is 107 Å². The highest BCUT2D eigenvalue weighted by Crippen LogP contribution is 2.52. The number of nitrogens with zero attached hydrogens (tertiary/aromatic N) is 2. The summed E-state index contributed by atoms with van der Waals surface area (Å²) >= 11 is 0. The molecule has 0 unspecified atom stereocenters. The van der Waals surface area contributed by atoms with Gasteiger partial charge in [-0.2, -0.15) is 0 Å². The predicted octanol–water partition coefficient (Wildman–Crippen LogP) is 8.99. The summed E-state index contributed by atoms with van der Waals surface area (Å²) in [5.74, 6) is 2.53. The van der Waals surface area contributed by atoms with Crippen molar-refractivity contribution in [2.75, 3.05) is 13.2 Å². The maximum atomic E-state index is 5.60. The lowest BCUT2D eigenvalue weighted by atomic mass is 9.60. The Balaban J connectivity index is 0.000000205. The first-order valence-corrected chi connectivity index (χ1v) is 14.0. The lowest BCUT2D eigenvalue weighted by Gasteiger charge is -2.45. The van der Waals surface area contributed by atoms with Crippen LogP contribution in [-0.2, 0) is 4.74 Å². The van der Waals surface area contributed by atoms with Gasteiger partial charge >= 0.3 is 0 Å². The zero-order valence-electron chi connectivity index (χ0n) is 23.0. The van der Waals surface area contributed by atoms with Gasteiger partial charge in [0.2, 0.25) is 5.88 Å². The summed E-state index contributed by atoms with van der Waals surface area (Å²) in [7, 11) is 0. The van der Waals surface area contributed by atoms with Gasteiger partial charge in [0.1, 0.15) is 0 Å². The van der Waals surface area contributed by atoms with E-state index in [1.807, 2.05) is 13.8 Å². The molecule has 35 heavy (non-hydrogen) atoms. The molecule has 192 valence electrons. The quantitative estimate of drug-likeness (QED) is 0.298. The molecule has 0 amide bonds. The Morgan fingerprint density at radius 3 is 2.20 bits per heavy atom. The second-order valence-electron chi connectivity index (χ2n) is 11.0. The Bertz CT molecular complexity index is 903. The molecular formula is C32H48N2O. The number of hydrogen-bond acceptors (Lipinski definition) is 3. The maximum Gasteiger partial charge on any atom is 0.222 e. The van der Waals surface area contributed by atoms with Crippen LogP contribution in [-0.4, -0.2) is 25.1 Å². The molecule has 0 N–H and O–H groups in total. The van der Waals surface area contributed by atoms with Crippen LogP contribution in [0, 0.1) is 18.3 Å². The van der Waals surface area contributed by atoms with Gasteiger partial charge in [-0.25, -0.2) is 4.99 Å². The molecule has 0 saturated heterocycles. The van der Waals surface area contributed by atoms with Gasteiger partial charge in [0.25, 0.3) is 0 Å². The van der Waals surface area contributed by atoms with Crippen molar-refractivity contribution in [2.45, 2.75) is 105 Å². The molecular weight excluding hydrogens is 428 g/mol. The first-order chi connectivity index (χ1) is 16.9. The SMILES string of the molecule is C=C1CN=C(C)/C1=C(/N=C\C)OCCC.CCC1CCC2(CC1)CCC(c1ccc(C)cc1)CC2. The second-order valence-corrected chi connectivity index (χ2v) is 11.0. The van der Waals surface area contributed by atoms with Crippen LogP contribution in [0.5, 0.6) is 0 Å². The molecule has 3 nitrogen and oxygen atoms in total. The summed E-state index contributed by atoms with van der Waals surface area (Å²) in [6.45, 7) is 15.8. The molecule has 1 aromatic carbocycles. The highest BCUT2D eigenvalue weighted by Gasteiger charge is 2.38. The lowest BCUT2D eigenvalue weighted by Crippen LogP contribution is -2.31. The molecule has 0 atom stereocenters. The van der Waals surface area contributed by atoms with Crippen molar-refractivity contribution >= 4 is 11.9 Å². The van der Waals surface area contributed by atoms with Gasteiger partial charge in [0, 0.05) is 11.9 Å². The fourth-order valence-electron chi connectivity index (χ4n) is 6.02. The molecule has 2 saturated carbocycles. The standard InChI is InChI=1S/C20H30.C12H18N2O/c1-3-17-8-12-20(13-9-17)14-10-19(11-15-20)18-6-4-16(2)5-7-18;1-5-7-15-12(13-6-2)11-9(3)8-14-10(11)4/h4-7,17,19H,3,8-15H2,1-2H3;6H,3,5,7-8H2,1-2,4H3/b;12-11-,13-6-. The molecule has 3 aliphatic rings. The maximum absolute atomic E-state index is 5.60. The van der Waals surface area contributed by atoms with Crippen molar-refractivity contribution in [1.82, 2.24) is 0 Å². The number of rotatable bonds is 6. The fraction of sp³-hybridized carbons (Fsp3) is 0.625. The van der Waals surface area contributed by atoms with E-state index in [0.29, 0.717) is 19.0 Å². The predicted molar refractivity (Wildman–Crippen MR) is 152 cm³/mol. The molecule has 1 spiro atoms. The van der Waals surface area contributed by atoms with E-state index in [1.54, 1.807) is 11.8 Å². The lowest BCUT2D eigenvalue weighted by molar-refractivity contribution is 0.0882. The van der Waals surface area contributed by atoms with Gasteiger partial charge in [-0.15, -0.1) is 0 Å². The fourth-order valence-corrected chi connectivity index (χ4v) is 6.02. The molecule has 1 aromatic rings. The molecule has 1 heterocycles. The zero-order valence-corrected chi connectivity index (χ0v) is 23.0. The number of hydrogen-bond donors (Lipinski definition) is 0. The second kappa shape index (κ2) is 13.2. The summed E-state index contributed by atoms with van der Waals surface area (Å²) in [4.78, 5) is 8.55. The van der Waals surface area contributed by atoms with Gasteiger partial charge in [-0.3, -0.25) is 4.99 Å². The number of ether oxygens (including phenoxy) is 1. The first kappa shape index (κ1) is 27.4. The van der Waals surface area contributed by atoms with Gasteiger partial charge in [-0.1, -0.05) is 56.7 Å². The molecule has 3 heteroatoms. The van der Waals surface area contributed by atoms with Gasteiger partial charge < -0.3 is 4.74 Å². The van der Waals surface area contributed by atoms with Crippen LogP contribution >= 0.6 is 0 Å². The monoisotopic (exact) mass is 476 g/mol. The van der Waals surface area contributed by atoms with E-state index in [1.165, 1.54) is 63.4 Å². The van der Waals surface area contributed by atoms with Crippen molar-refractivity contribution in [3.05, 3.63) is 59.0 Å². The zero-order chi connectivity index (χ0) is 25.3. The highest BCUT2D eigenvalue weighted by molar-refractivity contribution is 6.05. The van der Waals surface area contributed by atoms with E-state index >= 15 is 0 Å². The van der Waals surface area contributed by atoms with Crippen LogP contribution in [0.2, 0.25) is 0 Å². The Morgan fingerprint density at radius 2 is 1.69 bits per heavy atom. The van der Waals surface area contributed by atoms with Crippen molar-refractivity contribution in [3.63, 3.8) is 0 Å². The van der Waals surface area contributed by atoms with Crippen LogP contribution < -0.4 is 0 Å². The minimum absolute atomic E-state index is 0.656. The van der Waals surface area contributed by atoms with Crippen molar-refractivity contribution < 1.29 is 4.74 Å². The molecule has 0 aromatic heterocycles. The van der Waals surface area contributed by atoms with Crippen LogP contribution in [0.25, 0.3) is 0 Å². The molecule has 2 aliphatic carbocycles. The smallest absolute Gasteiger partial charge is 0.222 e. The van der Waals surface area contributed by atoms with E-state index in [0.717, 1.165) is 40.5 Å². The third-order valence-corrected chi connectivity index (χ3v) is 8.46. The summed E-state index contributed by atoms with van der Waals surface area (Å²) < 4.78 is 5.60. The summed E-state index contributed by atoms with van der Waals surface area (Å²) in [5, 5.41) is 0. The van der Waals surface area contributed by atoms with Gasteiger partial charge in [0.05, 0.1) is 18.7 Å². The Hall–Kier alpha value is -2.16. The van der Waals surface area contributed by atoms with Crippen LogP contribution in [0.1, 0.15) is 109 Å². The van der Waals surface area contributed by atoms with Gasteiger partial charge in [0.15, 0.2) is 0 Å². The molecule has 2 fully saturated rings. The van der Waals surface area contributed by atoms with Crippen LogP contribution in [0.4, 0.5) is 0 Å². The third-order valence-electron chi connectivity index (χ3n) is 8.46. The number of aryl methyl sites for hydroxylation is 1. The first-order valence-electron chi connectivity index (χ1n) is 14.0. The topological polar surface area (TPSA) is 34.0 Å². The average molecular weight is 477 g/mol. The number of aliphatic imine (C=N–C) groups is 2. The third kappa shape index (κ3) is 7.41. The molecule has 1 aliphatic heterocycles. The van der Waals surface area contributed by atoms with Crippen molar-refractivity contribution in [2.24, 2.45) is 21.3 Å². The highest BCUT2D eigenvalue weighted by atomic mass is 16.5. The summed E-state index contributed by atoms with van der Waals surface area (Å²) in [6.07, 6.45) is 16.0. The van der Waals surface area contributed by atoms with Crippen molar-refractivity contribution in [1.29, 1.82) is 0 Å². The van der Waals surface area contributed by atoms with E-state index in [9.17, 15) is 0 Å². The summed E-state index contributed by atoms with van der Waals surface area (Å²) in [5.41, 5.74) is 6.65. The van der Waals surface area contributed by atoms with E-state index in [4.69, 9.17) is 4.74 Å². The Labute approximate surface area is 214 Å². The minimum Gasteiger partial charge on any atom is -0.477 e. The van der Waals surface area contributed by atoms with Crippen molar-refractivity contribution in [3.8, 4) is 0 Å². The Kier molecular flexibility index (Phi) is 10.4. The van der Waals surface area contributed by atoms with E-state index in [2.05, 4.69) is 61.6 Å². The minimum atomic E-state index is 0.656. The summed E-state index contributed by atoms with van der Waals surface area (Å²) in [6, 6.07) is 9.30. The normalized spacial score (nSPS) is 28.0. The molecule has 0 bridgehead atoms.